The van der Waals surface area contributed by atoms with Crippen molar-refractivity contribution in [2.75, 3.05) is 11.9 Å². The SMILES string of the molecule is CCNc1cnc(COc2cc(Cl)cc(Cl)c2)cn1. The maximum Gasteiger partial charge on any atom is 0.144 e. The molecular formula is C13H13Cl2N3O. The topological polar surface area (TPSA) is 47.0 Å². The number of benzene rings is 1. The average Bonchev–Trinajstić information content (AvgIpc) is 2.37. The Morgan fingerprint density at radius 3 is 2.42 bits per heavy atom. The standard InChI is InChI=1S/C13H13Cl2N3O/c1-2-16-13-7-17-11(6-18-13)8-19-12-4-9(14)3-10(15)5-12/h3-7H,2,8H2,1H3,(H,16,18). The molecule has 0 aliphatic heterocycles. The Morgan fingerprint density at radius 1 is 1.11 bits per heavy atom. The molecule has 1 heterocycles. The van der Waals surface area contributed by atoms with E-state index in [9.17, 15) is 0 Å². The molecule has 0 fully saturated rings. The molecule has 4 nitrogen and oxygen atoms in total. The van der Waals surface area contributed by atoms with Crippen molar-refractivity contribution >= 4 is 29.0 Å². The van der Waals surface area contributed by atoms with Gasteiger partial charge in [0.25, 0.3) is 0 Å². The second kappa shape index (κ2) is 6.59. The van der Waals surface area contributed by atoms with Crippen molar-refractivity contribution in [3.05, 3.63) is 46.3 Å². The number of nitrogens with one attached hydrogen (secondary N) is 1. The lowest BCUT2D eigenvalue weighted by molar-refractivity contribution is 0.301. The summed E-state index contributed by atoms with van der Waals surface area (Å²) in [6, 6.07) is 5.06. The predicted molar refractivity (Wildman–Crippen MR) is 77.0 cm³/mol. The number of hydrogen-bond donors (Lipinski definition) is 1. The summed E-state index contributed by atoms with van der Waals surface area (Å²) in [6.07, 6.45) is 3.34. The van der Waals surface area contributed by atoms with E-state index in [1.54, 1.807) is 30.6 Å². The third-order valence-electron chi connectivity index (χ3n) is 2.29. The Balaban J connectivity index is 1.98. The van der Waals surface area contributed by atoms with Crippen LogP contribution in [0.15, 0.2) is 30.6 Å². The molecule has 0 saturated carbocycles. The lowest BCUT2D eigenvalue weighted by Crippen LogP contribution is -2.03. The van der Waals surface area contributed by atoms with Crippen molar-refractivity contribution in [2.24, 2.45) is 0 Å². The number of nitrogens with zero attached hydrogens (tertiary/aromatic N) is 2. The van der Waals surface area contributed by atoms with E-state index in [1.165, 1.54) is 0 Å². The van der Waals surface area contributed by atoms with Gasteiger partial charge in [0.1, 0.15) is 18.2 Å². The first-order valence-corrected chi connectivity index (χ1v) is 6.56. The van der Waals surface area contributed by atoms with Gasteiger partial charge in [0.05, 0.1) is 18.1 Å². The minimum atomic E-state index is 0.316. The molecule has 19 heavy (non-hydrogen) atoms. The third-order valence-corrected chi connectivity index (χ3v) is 2.72. The molecule has 1 N–H and O–H groups in total. The molecule has 0 saturated heterocycles. The smallest absolute Gasteiger partial charge is 0.144 e. The van der Waals surface area contributed by atoms with E-state index in [0.717, 1.165) is 18.1 Å². The van der Waals surface area contributed by atoms with Gasteiger partial charge in [-0.25, -0.2) is 4.98 Å². The van der Waals surface area contributed by atoms with E-state index in [-0.39, 0.29) is 0 Å². The van der Waals surface area contributed by atoms with Gasteiger partial charge in [0.15, 0.2) is 0 Å². The van der Waals surface area contributed by atoms with E-state index in [1.807, 2.05) is 6.92 Å². The fourth-order valence-corrected chi connectivity index (χ4v) is 1.98. The van der Waals surface area contributed by atoms with Crippen LogP contribution < -0.4 is 10.1 Å². The Kier molecular flexibility index (Phi) is 4.82. The fraction of sp³-hybridized carbons (Fsp3) is 0.231. The Labute approximate surface area is 121 Å². The van der Waals surface area contributed by atoms with E-state index in [0.29, 0.717) is 22.4 Å². The van der Waals surface area contributed by atoms with Gasteiger partial charge in [-0.3, -0.25) is 4.98 Å². The van der Waals surface area contributed by atoms with E-state index >= 15 is 0 Å². The molecule has 0 amide bonds. The van der Waals surface area contributed by atoms with Crippen LogP contribution in [0, 0.1) is 0 Å². The van der Waals surface area contributed by atoms with Crippen LogP contribution >= 0.6 is 23.2 Å². The zero-order valence-corrected chi connectivity index (χ0v) is 11.9. The zero-order chi connectivity index (χ0) is 13.7. The quantitative estimate of drug-likeness (QED) is 0.912. The van der Waals surface area contributed by atoms with Crippen molar-refractivity contribution in [3.63, 3.8) is 0 Å². The molecule has 1 aromatic carbocycles. The Hall–Kier alpha value is -1.52. The highest BCUT2D eigenvalue weighted by molar-refractivity contribution is 6.34. The summed E-state index contributed by atoms with van der Waals surface area (Å²) in [7, 11) is 0. The molecule has 0 bridgehead atoms. The largest absolute Gasteiger partial charge is 0.487 e. The monoisotopic (exact) mass is 297 g/mol. The molecule has 100 valence electrons. The third kappa shape index (κ3) is 4.26. The molecule has 2 rings (SSSR count). The van der Waals surface area contributed by atoms with Crippen LogP contribution in [-0.2, 0) is 6.61 Å². The molecule has 0 radical (unpaired) electrons. The van der Waals surface area contributed by atoms with Gasteiger partial charge in [0.2, 0.25) is 0 Å². The number of halogens is 2. The van der Waals surface area contributed by atoms with Gasteiger partial charge in [-0.1, -0.05) is 23.2 Å². The first-order valence-electron chi connectivity index (χ1n) is 5.81. The van der Waals surface area contributed by atoms with Crippen LogP contribution in [0.4, 0.5) is 5.82 Å². The fourth-order valence-electron chi connectivity index (χ4n) is 1.47. The van der Waals surface area contributed by atoms with Crippen LogP contribution in [-0.4, -0.2) is 16.5 Å². The van der Waals surface area contributed by atoms with Gasteiger partial charge < -0.3 is 10.1 Å². The van der Waals surface area contributed by atoms with E-state index in [2.05, 4.69) is 15.3 Å². The van der Waals surface area contributed by atoms with Crippen LogP contribution in [0.1, 0.15) is 12.6 Å². The second-order valence-electron chi connectivity index (χ2n) is 3.82. The van der Waals surface area contributed by atoms with Crippen molar-refractivity contribution in [2.45, 2.75) is 13.5 Å². The highest BCUT2D eigenvalue weighted by Crippen LogP contribution is 2.24. The average molecular weight is 298 g/mol. The Morgan fingerprint density at radius 2 is 1.84 bits per heavy atom. The van der Waals surface area contributed by atoms with Crippen molar-refractivity contribution < 1.29 is 4.74 Å². The van der Waals surface area contributed by atoms with Gasteiger partial charge in [0, 0.05) is 16.6 Å². The molecule has 0 atom stereocenters. The van der Waals surface area contributed by atoms with E-state index in [4.69, 9.17) is 27.9 Å². The number of anilines is 1. The normalized spacial score (nSPS) is 10.3. The summed E-state index contributed by atoms with van der Waals surface area (Å²) in [5.74, 6) is 1.35. The summed E-state index contributed by atoms with van der Waals surface area (Å²) in [5, 5.41) is 4.15. The molecule has 0 unspecified atom stereocenters. The molecule has 0 aliphatic carbocycles. The van der Waals surface area contributed by atoms with Gasteiger partial charge >= 0.3 is 0 Å². The molecule has 0 spiro atoms. The first-order chi connectivity index (χ1) is 9.17. The first kappa shape index (κ1) is 13.9. The summed E-state index contributed by atoms with van der Waals surface area (Å²) < 4.78 is 5.56. The highest BCUT2D eigenvalue weighted by Gasteiger charge is 2.02. The summed E-state index contributed by atoms with van der Waals surface area (Å²) in [4.78, 5) is 8.45. The molecule has 2 aromatic rings. The molecule has 0 aliphatic rings. The number of ether oxygens (including phenoxy) is 1. The number of aromatic nitrogens is 2. The van der Waals surface area contributed by atoms with Crippen LogP contribution in [0.25, 0.3) is 0 Å². The predicted octanol–water partition coefficient (Wildman–Crippen LogP) is 3.79. The van der Waals surface area contributed by atoms with Gasteiger partial charge in [-0.2, -0.15) is 0 Å². The van der Waals surface area contributed by atoms with Crippen molar-refractivity contribution in [1.29, 1.82) is 0 Å². The van der Waals surface area contributed by atoms with Crippen LogP contribution in [0.3, 0.4) is 0 Å². The maximum atomic E-state index is 5.89. The molecular weight excluding hydrogens is 285 g/mol. The lowest BCUT2D eigenvalue weighted by Gasteiger charge is -2.07. The van der Waals surface area contributed by atoms with Gasteiger partial charge in [-0.05, 0) is 25.1 Å². The number of rotatable bonds is 5. The minimum Gasteiger partial charge on any atom is -0.487 e. The second-order valence-corrected chi connectivity index (χ2v) is 4.69. The molecule has 1 aromatic heterocycles. The lowest BCUT2D eigenvalue weighted by atomic mass is 10.3. The summed E-state index contributed by atoms with van der Waals surface area (Å²) in [5.41, 5.74) is 0.734. The van der Waals surface area contributed by atoms with Crippen molar-refractivity contribution in [1.82, 2.24) is 9.97 Å². The van der Waals surface area contributed by atoms with Crippen LogP contribution in [0.2, 0.25) is 10.0 Å². The van der Waals surface area contributed by atoms with Crippen molar-refractivity contribution in [3.8, 4) is 5.75 Å². The van der Waals surface area contributed by atoms with E-state index < -0.39 is 0 Å². The highest BCUT2D eigenvalue weighted by atomic mass is 35.5. The maximum absolute atomic E-state index is 5.89. The minimum absolute atomic E-state index is 0.316. The molecule has 6 heteroatoms. The summed E-state index contributed by atoms with van der Waals surface area (Å²) >= 11 is 11.8. The van der Waals surface area contributed by atoms with Gasteiger partial charge in [-0.15, -0.1) is 0 Å². The Bertz CT molecular complexity index is 526. The summed E-state index contributed by atoms with van der Waals surface area (Å²) in [6.45, 7) is 3.13. The van der Waals surface area contributed by atoms with Crippen LogP contribution in [0.5, 0.6) is 5.75 Å². The number of hydrogen-bond acceptors (Lipinski definition) is 4. The zero-order valence-electron chi connectivity index (χ0n) is 10.4.